The van der Waals surface area contributed by atoms with Crippen molar-refractivity contribution in [1.82, 2.24) is 4.90 Å². The average Bonchev–Trinajstić information content (AvgIpc) is 2.49. The Morgan fingerprint density at radius 2 is 2.15 bits per heavy atom. The third-order valence-corrected chi connectivity index (χ3v) is 3.96. The van der Waals surface area contributed by atoms with Crippen LogP contribution < -0.4 is 5.73 Å². The highest BCUT2D eigenvalue weighted by Gasteiger charge is 2.25. The van der Waals surface area contributed by atoms with Crippen LogP contribution in [0.1, 0.15) is 24.8 Å². The first-order chi connectivity index (χ1) is 9.69. The van der Waals surface area contributed by atoms with E-state index >= 15 is 0 Å². The fourth-order valence-electron chi connectivity index (χ4n) is 2.81. The summed E-state index contributed by atoms with van der Waals surface area (Å²) in [5.74, 6) is -0.00138. The molecule has 0 radical (unpaired) electrons. The predicted octanol–water partition coefficient (Wildman–Crippen LogP) is 2.09. The number of nitrogen functional groups attached to an aromatic ring is 1. The molecule has 20 heavy (non-hydrogen) atoms. The molecule has 0 saturated carbocycles. The van der Waals surface area contributed by atoms with Gasteiger partial charge in [-0.2, -0.15) is 0 Å². The van der Waals surface area contributed by atoms with Crippen molar-refractivity contribution in [1.29, 1.82) is 0 Å². The normalized spacial score (nSPS) is 19.8. The summed E-state index contributed by atoms with van der Waals surface area (Å²) in [5, 5.41) is 0. The lowest BCUT2D eigenvalue weighted by Gasteiger charge is -2.31. The van der Waals surface area contributed by atoms with Crippen LogP contribution in [0.4, 0.5) is 5.69 Å². The Labute approximate surface area is 120 Å². The minimum absolute atomic E-state index is 0.0604. The minimum atomic E-state index is -0.0618. The number of benzene rings is 1. The van der Waals surface area contributed by atoms with E-state index < -0.39 is 0 Å². The second-order valence-corrected chi connectivity index (χ2v) is 5.51. The van der Waals surface area contributed by atoms with E-state index in [0.717, 1.165) is 51.0 Å². The van der Waals surface area contributed by atoms with Gasteiger partial charge in [0.2, 0.25) is 0 Å². The molecule has 110 valence electrons. The van der Waals surface area contributed by atoms with Crippen molar-refractivity contribution in [2.24, 2.45) is 5.92 Å². The Kier molecular flexibility index (Phi) is 5.41. The lowest BCUT2D eigenvalue weighted by molar-refractivity contribution is -0.147. The molecule has 0 bridgehead atoms. The number of anilines is 1. The van der Waals surface area contributed by atoms with Crippen LogP contribution in [0.2, 0.25) is 0 Å². The molecule has 0 spiro atoms. The van der Waals surface area contributed by atoms with Gasteiger partial charge in [0.15, 0.2) is 0 Å². The van der Waals surface area contributed by atoms with E-state index in [1.807, 2.05) is 12.1 Å². The molecule has 1 saturated heterocycles. The number of aryl methyl sites for hydroxylation is 1. The highest BCUT2D eigenvalue weighted by Crippen LogP contribution is 2.18. The molecule has 0 amide bonds. The van der Waals surface area contributed by atoms with Crippen LogP contribution in [-0.2, 0) is 16.0 Å². The van der Waals surface area contributed by atoms with Gasteiger partial charge in [0.05, 0.1) is 13.0 Å². The number of nitrogens with two attached hydrogens (primary N) is 1. The summed E-state index contributed by atoms with van der Waals surface area (Å²) in [6.45, 7) is 2.97. The van der Waals surface area contributed by atoms with Gasteiger partial charge in [-0.05, 0) is 56.5 Å². The van der Waals surface area contributed by atoms with Crippen molar-refractivity contribution < 1.29 is 9.53 Å². The monoisotopic (exact) mass is 276 g/mol. The fraction of sp³-hybridized carbons (Fsp3) is 0.562. The molecule has 1 unspecified atom stereocenters. The van der Waals surface area contributed by atoms with Gasteiger partial charge in [0.25, 0.3) is 0 Å². The van der Waals surface area contributed by atoms with Gasteiger partial charge in [-0.25, -0.2) is 0 Å². The highest BCUT2D eigenvalue weighted by molar-refractivity contribution is 5.72. The number of nitrogens with zero attached hydrogens (tertiary/aromatic N) is 1. The molecule has 1 heterocycles. The largest absolute Gasteiger partial charge is 0.469 e. The van der Waals surface area contributed by atoms with Gasteiger partial charge in [-0.15, -0.1) is 0 Å². The number of likely N-dealkylation sites (tertiary alicyclic amines) is 1. The summed E-state index contributed by atoms with van der Waals surface area (Å²) in [4.78, 5) is 14.0. The van der Waals surface area contributed by atoms with Crippen molar-refractivity contribution in [3.05, 3.63) is 29.8 Å². The Bertz CT molecular complexity index is 431. The molecule has 2 N–H and O–H groups in total. The number of hydrogen-bond donors (Lipinski definition) is 1. The molecule has 1 aliphatic heterocycles. The lowest BCUT2D eigenvalue weighted by Crippen LogP contribution is -2.39. The molecule has 1 aromatic rings. The smallest absolute Gasteiger partial charge is 0.309 e. The average molecular weight is 276 g/mol. The highest BCUT2D eigenvalue weighted by atomic mass is 16.5. The summed E-state index contributed by atoms with van der Waals surface area (Å²) in [6.07, 6.45) is 4.21. The number of ether oxygens (including phenoxy) is 1. The molecular formula is C16H24N2O2. The first-order valence-electron chi connectivity index (χ1n) is 7.33. The SMILES string of the molecule is COC(=O)C1CCCN(CCCc2ccc(N)cc2)C1. The molecule has 0 aromatic heterocycles. The van der Waals surface area contributed by atoms with Crippen LogP contribution >= 0.6 is 0 Å². The van der Waals surface area contributed by atoms with Crippen LogP contribution in [0.5, 0.6) is 0 Å². The Balaban J connectivity index is 1.73. The van der Waals surface area contributed by atoms with E-state index in [4.69, 9.17) is 10.5 Å². The van der Waals surface area contributed by atoms with Crippen molar-refractivity contribution in [2.75, 3.05) is 32.5 Å². The molecular weight excluding hydrogens is 252 g/mol. The number of carbonyl (C=O) groups is 1. The number of rotatable bonds is 5. The summed E-state index contributed by atoms with van der Waals surface area (Å²) >= 11 is 0. The molecule has 0 aliphatic carbocycles. The molecule has 1 aromatic carbocycles. The second kappa shape index (κ2) is 7.29. The lowest BCUT2D eigenvalue weighted by atomic mass is 9.98. The van der Waals surface area contributed by atoms with Crippen LogP contribution in [0.15, 0.2) is 24.3 Å². The quantitative estimate of drug-likeness (QED) is 0.661. The van der Waals surface area contributed by atoms with Gasteiger partial charge < -0.3 is 15.4 Å². The van der Waals surface area contributed by atoms with E-state index in [2.05, 4.69) is 17.0 Å². The number of piperidine rings is 1. The van der Waals surface area contributed by atoms with Crippen LogP contribution in [0, 0.1) is 5.92 Å². The number of esters is 1. The number of carbonyl (C=O) groups excluding carboxylic acids is 1. The van der Waals surface area contributed by atoms with Gasteiger partial charge in [0.1, 0.15) is 0 Å². The van der Waals surface area contributed by atoms with Crippen LogP contribution in [0.3, 0.4) is 0 Å². The molecule has 1 atom stereocenters. The Morgan fingerprint density at radius 3 is 2.85 bits per heavy atom. The van der Waals surface area contributed by atoms with E-state index in [-0.39, 0.29) is 11.9 Å². The summed E-state index contributed by atoms with van der Waals surface area (Å²) < 4.78 is 4.85. The zero-order chi connectivity index (χ0) is 14.4. The second-order valence-electron chi connectivity index (χ2n) is 5.51. The Morgan fingerprint density at radius 1 is 1.40 bits per heavy atom. The van der Waals surface area contributed by atoms with E-state index in [1.54, 1.807) is 0 Å². The number of methoxy groups -OCH3 is 1. The van der Waals surface area contributed by atoms with E-state index in [9.17, 15) is 4.79 Å². The third-order valence-electron chi connectivity index (χ3n) is 3.96. The van der Waals surface area contributed by atoms with Crippen molar-refractivity contribution in [3.63, 3.8) is 0 Å². The third kappa shape index (κ3) is 4.23. The molecule has 1 aliphatic rings. The summed E-state index contributed by atoms with van der Waals surface area (Å²) in [5.41, 5.74) is 7.81. The van der Waals surface area contributed by atoms with Gasteiger partial charge >= 0.3 is 5.97 Å². The summed E-state index contributed by atoms with van der Waals surface area (Å²) in [7, 11) is 1.47. The first-order valence-corrected chi connectivity index (χ1v) is 7.33. The van der Waals surface area contributed by atoms with E-state index in [0.29, 0.717) is 0 Å². The number of hydrogen-bond acceptors (Lipinski definition) is 4. The standard InChI is InChI=1S/C16H24N2O2/c1-20-16(19)14-5-3-11-18(12-14)10-2-4-13-6-8-15(17)9-7-13/h6-9,14H,2-5,10-12,17H2,1H3. The van der Waals surface area contributed by atoms with Gasteiger partial charge in [-0.1, -0.05) is 12.1 Å². The molecule has 4 nitrogen and oxygen atoms in total. The molecule has 4 heteroatoms. The van der Waals surface area contributed by atoms with Crippen LogP contribution in [-0.4, -0.2) is 37.6 Å². The maximum atomic E-state index is 11.6. The molecule has 2 rings (SSSR count). The fourth-order valence-corrected chi connectivity index (χ4v) is 2.81. The maximum Gasteiger partial charge on any atom is 0.309 e. The van der Waals surface area contributed by atoms with Crippen molar-refractivity contribution >= 4 is 11.7 Å². The first kappa shape index (κ1) is 14.9. The van der Waals surface area contributed by atoms with Crippen molar-refractivity contribution in [2.45, 2.75) is 25.7 Å². The van der Waals surface area contributed by atoms with Crippen LogP contribution in [0.25, 0.3) is 0 Å². The van der Waals surface area contributed by atoms with Crippen molar-refractivity contribution in [3.8, 4) is 0 Å². The zero-order valence-electron chi connectivity index (χ0n) is 12.2. The maximum absolute atomic E-state index is 11.6. The Hall–Kier alpha value is -1.55. The summed E-state index contributed by atoms with van der Waals surface area (Å²) in [6, 6.07) is 8.07. The van der Waals surface area contributed by atoms with E-state index in [1.165, 1.54) is 12.7 Å². The minimum Gasteiger partial charge on any atom is -0.469 e. The van der Waals surface area contributed by atoms with Gasteiger partial charge in [0, 0.05) is 12.2 Å². The topological polar surface area (TPSA) is 55.6 Å². The predicted molar refractivity (Wildman–Crippen MR) is 80.4 cm³/mol. The van der Waals surface area contributed by atoms with Gasteiger partial charge in [-0.3, -0.25) is 4.79 Å². The zero-order valence-corrected chi connectivity index (χ0v) is 12.2. The molecule has 1 fully saturated rings.